The lowest BCUT2D eigenvalue weighted by Gasteiger charge is -2.21. The topological polar surface area (TPSA) is 115 Å². The zero-order valence-electron chi connectivity index (χ0n) is 15.3. The molecule has 0 aliphatic carbocycles. The van der Waals surface area contributed by atoms with Crippen LogP contribution in [0.4, 0.5) is 0 Å². The first kappa shape index (κ1) is 22.1. The average molecular weight is 469 g/mol. The lowest BCUT2D eigenvalue weighted by Crippen LogP contribution is -2.48. The molecule has 1 heterocycles. The van der Waals surface area contributed by atoms with Crippen molar-refractivity contribution in [1.82, 2.24) is 15.5 Å². The van der Waals surface area contributed by atoms with Gasteiger partial charge in [0.05, 0.1) is 16.8 Å². The number of carboxylic acid groups (broad SMARTS) is 1. The summed E-state index contributed by atoms with van der Waals surface area (Å²) in [5.74, 6) is -2.11. The van der Waals surface area contributed by atoms with Gasteiger partial charge < -0.3 is 15.5 Å². The van der Waals surface area contributed by atoms with Crippen LogP contribution in [-0.4, -0.2) is 44.4 Å². The maximum Gasteiger partial charge on any atom is 0.334 e. The van der Waals surface area contributed by atoms with E-state index in [0.717, 1.165) is 0 Å². The molecular weight excluding hydrogens is 453 g/mol. The maximum absolute atomic E-state index is 12.7. The number of hydrogen-bond acceptors (Lipinski definition) is 4. The number of halogens is 3. The number of aliphatic hydroxyl groups is 1. The third kappa shape index (κ3) is 5.12. The van der Waals surface area contributed by atoms with Crippen LogP contribution in [0.15, 0.2) is 48.5 Å². The summed E-state index contributed by atoms with van der Waals surface area (Å²) in [5.41, 5.74) is 1.62. The summed E-state index contributed by atoms with van der Waals surface area (Å²) in [5, 5.41) is 29.7. The highest BCUT2D eigenvalue weighted by atomic mass is 35.5. The number of rotatable bonds is 7. The lowest BCUT2D eigenvalue weighted by molar-refractivity contribution is -0.148. The number of nitrogens with one attached hydrogen (secondary N) is 2. The van der Waals surface area contributed by atoms with Gasteiger partial charge >= 0.3 is 5.97 Å². The maximum atomic E-state index is 12.7. The molecule has 30 heavy (non-hydrogen) atoms. The Balaban J connectivity index is 1.81. The summed E-state index contributed by atoms with van der Waals surface area (Å²) >= 11 is 18.2. The summed E-state index contributed by atoms with van der Waals surface area (Å²) in [4.78, 5) is 24.0. The van der Waals surface area contributed by atoms with Crippen molar-refractivity contribution >= 4 is 46.7 Å². The fourth-order valence-corrected chi connectivity index (χ4v) is 3.55. The second-order valence-electron chi connectivity index (χ2n) is 6.45. The molecule has 0 bridgehead atoms. The fourth-order valence-electron chi connectivity index (χ4n) is 2.83. The Bertz CT molecular complexity index is 1090. The molecule has 0 aliphatic rings. The number of carbonyl (C=O) groups is 2. The summed E-state index contributed by atoms with van der Waals surface area (Å²) < 4.78 is 0. The molecule has 0 saturated heterocycles. The van der Waals surface area contributed by atoms with Gasteiger partial charge in [-0.25, -0.2) is 4.79 Å². The molecule has 0 spiro atoms. The van der Waals surface area contributed by atoms with Crippen molar-refractivity contribution in [2.45, 2.75) is 18.6 Å². The van der Waals surface area contributed by atoms with Gasteiger partial charge in [-0.2, -0.15) is 5.10 Å². The Labute approximate surface area is 186 Å². The molecule has 1 amide bonds. The molecule has 7 nitrogen and oxygen atoms in total. The first-order valence-corrected chi connectivity index (χ1v) is 9.85. The van der Waals surface area contributed by atoms with E-state index in [4.69, 9.17) is 34.8 Å². The number of aromatic nitrogens is 2. The number of H-pyrrole nitrogens is 1. The van der Waals surface area contributed by atoms with Crippen LogP contribution >= 0.6 is 34.8 Å². The Morgan fingerprint density at radius 2 is 1.80 bits per heavy atom. The molecule has 10 heteroatoms. The van der Waals surface area contributed by atoms with Crippen LogP contribution in [0.25, 0.3) is 11.3 Å². The Hall–Kier alpha value is -2.58. The van der Waals surface area contributed by atoms with Gasteiger partial charge in [-0.3, -0.25) is 9.89 Å². The number of carbonyl (C=O) groups excluding carboxylic acids is 1. The molecular formula is C20H16Cl3N3O4. The smallest absolute Gasteiger partial charge is 0.334 e. The van der Waals surface area contributed by atoms with Crippen molar-refractivity contribution < 1.29 is 19.8 Å². The first-order valence-electron chi connectivity index (χ1n) is 8.72. The number of benzene rings is 2. The van der Waals surface area contributed by atoms with Crippen molar-refractivity contribution in [2.75, 3.05) is 0 Å². The number of amides is 1. The second-order valence-corrected chi connectivity index (χ2v) is 7.70. The Morgan fingerprint density at radius 3 is 2.47 bits per heavy atom. The van der Waals surface area contributed by atoms with Crippen molar-refractivity contribution in [1.29, 1.82) is 0 Å². The molecule has 156 valence electrons. The number of hydrogen-bond donors (Lipinski definition) is 4. The van der Waals surface area contributed by atoms with Crippen LogP contribution in [0.1, 0.15) is 16.1 Å². The molecule has 0 fully saturated rings. The van der Waals surface area contributed by atoms with Gasteiger partial charge in [0.25, 0.3) is 5.91 Å². The molecule has 0 aliphatic heterocycles. The van der Waals surface area contributed by atoms with E-state index in [1.165, 1.54) is 6.07 Å². The summed E-state index contributed by atoms with van der Waals surface area (Å²) in [7, 11) is 0. The van der Waals surface area contributed by atoms with E-state index in [1.807, 2.05) is 0 Å². The van der Waals surface area contributed by atoms with Gasteiger partial charge in [-0.1, -0.05) is 53.0 Å². The zero-order valence-corrected chi connectivity index (χ0v) is 17.5. The summed E-state index contributed by atoms with van der Waals surface area (Å²) in [6.07, 6.45) is -1.82. The molecule has 4 N–H and O–H groups in total. The van der Waals surface area contributed by atoms with Gasteiger partial charge in [-0.05, 0) is 42.3 Å². The fraction of sp³-hybridized carbons (Fsp3) is 0.150. The highest BCUT2D eigenvalue weighted by Crippen LogP contribution is 2.29. The zero-order chi connectivity index (χ0) is 21.8. The highest BCUT2D eigenvalue weighted by Gasteiger charge is 2.29. The van der Waals surface area contributed by atoms with Crippen molar-refractivity contribution in [3.05, 3.63) is 74.9 Å². The van der Waals surface area contributed by atoms with Gasteiger partial charge in [-0.15, -0.1) is 0 Å². The van der Waals surface area contributed by atoms with E-state index in [9.17, 15) is 19.8 Å². The van der Waals surface area contributed by atoms with E-state index in [2.05, 4.69) is 15.5 Å². The van der Waals surface area contributed by atoms with E-state index in [0.29, 0.717) is 31.9 Å². The molecule has 3 aromatic rings. The van der Waals surface area contributed by atoms with Gasteiger partial charge in [0.15, 0.2) is 6.10 Å². The highest BCUT2D eigenvalue weighted by molar-refractivity contribution is 6.36. The molecule has 0 unspecified atom stereocenters. The molecule has 0 saturated carbocycles. The van der Waals surface area contributed by atoms with Crippen LogP contribution in [0.3, 0.4) is 0 Å². The minimum Gasteiger partial charge on any atom is -0.479 e. The Morgan fingerprint density at radius 1 is 1.07 bits per heavy atom. The second kappa shape index (κ2) is 9.49. The molecule has 1 aromatic heterocycles. The summed E-state index contributed by atoms with van der Waals surface area (Å²) in [6.45, 7) is 0. The summed E-state index contributed by atoms with van der Waals surface area (Å²) in [6, 6.07) is 12.0. The number of aliphatic hydroxyl groups excluding tert-OH is 1. The van der Waals surface area contributed by atoms with E-state index < -0.39 is 24.0 Å². The number of nitrogens with zero attached hydrogens (tertiary/aromatic N) is 1. The minimum absolute atomic E-state index is 0.0168. The van der Waals surface area contributed by atoms with Crippen molar-refractivity contribution in [3.8, 4) is 11.3 Å². The predicted molar refractivity (Wildman–Crippen MR) is 114 cm³/mol. The van der Waals surface area contributed by atoms with E-state index in [-0.39, 0.29) is 12.1 Å². The van der Waals surface area contributed by atoms with Gasteiger partial charge in [0.2, 0.25) is 0 Å². The standard InChI is InChI=1S/C20H16Cl3N3O4/c21-11-5-6-12(14(23)8-11)15-9-17(26-25-15)19(28)24-16(18(27)20(29)30)7-10-3-1-2-4-13(10)22/h1-6,8-9,16,18,27H,7H2,(H,24,28)(H,25,26)(H,29,30)/t16-,18-/m1/s1. The minimum atomic E-state index is -1.83. The SMILES string of the molecule is O=C(N[C@H](Cc1ccccc1Cl)[C@@H](O)C(=O)O)c1cc(-c2ccc(Cl)cc2Cl)n[nH]1. The number of aromatic amines is 1. The van der Waals surface area contributed by atoms with Crippen molar-refractivity contribution in [3.63, 3.8) is 0 Å². The van der Waals surface area contributed by atoms with E-state index in [1.54, 1.807) is 42.5 Å². The third-order valence-corrected chi connectivity index (χ3v) is 5.29. The molecule has 2 aromatic carbocycles. The van der Waals surface area contributed by atoms with Crippen LogP contribution in [0.5, 0.6) is 0 Å². The van der Waals surface area contributed by atoms with Crippen LogP contribution in [0.2, 0.25) is 15.1 Å². The number of aliphatic carboxylic acids is 1. The molecule has 2 atom stereocenters. The predicted octanol–water partition coefficient (Wildman–Crippen LogP) is 3.82. The normalized spacial score (nSPS) is 12.9. The van der Waals surface area contributed by atoms with Gasteiger partial charge in [0, 0.05) is 15.6 Å². The van der Waals surface area contributed by atoms with Crippen LogP contribution < -0.4 is 5.32 Å². The first-order chi connectivity index (χ1) is 14.3. The number of carboxylic acids is 1. The van der Waals surface area contributed by atoms with Crippen molar-refractivity contribution in [2.24, 2.45) is 0 Å². The molecule has 3 rings (SSSR count). The van der Waals surface area contributed by atoms with Crippen LogP contribution in [-0.2, 0) is 11.2 Å². The average Bonchev–Trinajstić information content (AvgIpc) is 3.18. The molecule has 0 radical (unpaired) electrons. The quantitative estimate of drug-likeness (QED) is 0.421. The van der Waals surface area contributed by atoms with E-state index >= 15 is 0 Å². The van der Waals surface area contributed by atoms with Crippen LogP contribution in [0, 0.1) is 0 Å². The van der Waals surface area contributed by atoms with Gasteiger partial charge in [0.1, 0.15) is 5.69 Å². The Kier molecular flexibility index (Phi) is 6.99. The lowest BCUT2D eigenvalue weighted by atomic mass is 10.0. The largest absolute Gasteiger partial charge is 0.479 e. The third-order valence-electron chi connectivity index (χ3n) is 4.38. The monoisotopic (exact) mass is 467 g/mol.